The number of nitrogens with one attached hydrogen (secondary N) is 1. The van der Waals surface area contributed by atoms with Gasteiger partial charge in [-0.2, -0.15) is 5.26 Å². The van der Waals surface area contributed by atoms with Crippen molar-refractivity contribution in [3.8, 4) is 6.07 Å². The molecule has 0 bridgehead atoms. The number of carbonyl (C=O) groups is 1. The number of benzene rings is 2. The van der Waals surface area contributed by atoms with Gasteiger partial charge in [-0.15, -0.1) is 0 Å². The Labute approximate surface area is 123 Å². The fourth-order valence-electron chi connectivity index (χ4n) is 1.52. The van der Waals surface area contributed by atoms with E-state index in [1.807, 2.05) is 6.07 Å². The standard InChI is InChI=1S/C14H8BrClN2O/c15-11-7-9(8-17)5-6-13(11)18-14(19)10-3-1-2-4-12(10)16/h1-7H,(H,18,19). The molecule has 0 radical (unpaired) electrons. The maximum absolute atomic E-state index is 12.1. The molecule has 0 saturated heterocycles. The SMILES string of the molecule is N#Cc1ccc(NC(=O)c2ccccc2Cl)c(Br)c1. The lowest BCUT2D eigenvalue weighted by Gasteiger charge is -2.08. The molecule has 0 aliphatic heterocycles. The van der Waals surface area contributed by atoms with Crippen LogP contribution in [0.4, 0.5) is 5.69 Å². The summed E-state index contributed by atoms with van der Waals surface area (Å²) in [6.45, 7) is 0. The molecule has 0 heterocycles. The van der Waals surface area contributed by atoms with Gasteiger partial charge in [-0.1, -0.05) is 23.7 Å². The molecule has 5 heteroatoms. The van der Waals surface area contributed by atoms with E-state index < -0.39 is 0 Å². The van der Waals surface area contributed by atoms with Crippen molar-refractivity contribution in [2.24, 2.45) is 0 Å². The molecule has 94 valence electrons. The fourth-order valence-corrected chi connectivity index (χ4v) is 2.22. The lowest BCUT2D eigenvalue weighted by molar-refractivity contribution is 0.102. The van der Waals surface area contributed by atoms with Crippen LogP contribution in [-0.2, 0) is 0 Å². The zero-order chi connectivity index (χ0) is 13.8. The lowest BCUT2D eigenvalue weighted by Crippen LogP contribution is -2.12. The van der Waals surface area contributed by atoms with Gasteiger partial charge in [0, 0.05) is 4.47 Å². The fraction of sp³-hybridized carbons (Fsp3) is 0. The summed E-state index contributed by atoms with van der Waals surface area (Å²) in [6.07, 6.45) is 0. The van der Waals surface area contributed by atoms with Crippen molar-refractivity contribution in [1.82, 2.24) is 0 Å². The predicted molar refractivity (Wildman–Crippen MR) is 78.3 cm³/mol. The minimum absolute atomic E-state index is 0.295. The lowest BCUT2D eigenvalue weighted by atomic mass is 10.2. The van der Waals surface area contributed by atoms with Gasteiger partial charge in [0.2, 0.25) is 0 Å². The van der Waals surface area contributed by atoms with E-state index in [0.29, 0.717) is 26.3 Å². The molecule has 0 unspecified atom stereocenters. The highest BCUT2D eigenvalue weighted by Gasteiger charge is 2.11. The second-order valence-electron chi connectivity index (χ2n) is 3.74. The van der Waals surface area contributed by atoms with Gasteiger partial charge in [0.25, 0.3) is 5.91 Å². The Hall–Kier alpha value is -1.83. The minimum atomic E-state index is -0.295. The Morgan fingerprint density at radius 2 is 2.00 bits per heavy atom. The summed E-state index contributed by atoms with van der Waals surface area (Å²) in [5.41, 5.74) is 1.51. The van der Waals surface area contributed by atoms with Crippen LogP contribution in [0.5, 0.6) is 0 Å². The van der Waals surface area contributed by atoms with E-state index in [1.54, 1.807) is 42.5 Å². The first kappa shape index (κ1) is 13.6. The molecule has 0 spiro atoms. The van der Waals surface area contributed by atoms with Crippen LogP contribution < -0.4 is 5.32 Å². The number of carbonyl (C=O) groups excluding carboxylic acids is 1. The smallest absolute Gasteiger partial charge is 0.257 e. The van der Waals surface area contributed by atoms with Crippen LogP contribution in [-0.4, -0.2) is 5.91 Å². The second-order valence-corrected chi connectivity index (χ2v) is 5.00. The van der Waals surface area contributed by atoms with Gasteiger partial charge in [-0.25, -0.2) is 0 Å². The van der Waals surface area contributed by atoms with Crippen molar-refractivity contribution in [2.75, 3.05) is 5.32 Å². The monoisotopic (exact) mass is 334 g/mol. The first-order valence-electron chi connectivity index (χ1n) is 5.37. The van der Waals surface area contributed by atoms with Crippen LogP contribution in [0, 0.1) is 11.3 Å². The van der Waals surface area contributed by atoms with Crippen LogP contribution >= 0.6 is 27.5 Å². The Morgan fingerprint density at radius 3 is 2.63 bits per heavy atom. The third kappa shape index (κ3) is 3.14. The summed E-state index contributed by atoms with van der Waals surface area (Å²) < 4.78 is 0.645. The maximum Gasteiger partial charge on any atom is 0.257 e. The van der Waals surface area contributed by atoms with Crippen molar-refractivity contribution in [3.05, 3.63) is 63.1 Å². The highest BCUT2D eigenvalue weighted by atomic mass is 79.9. The van der Waals surface area contributed by atoms with Crippen LogP contribution in [0.25, 0.3) is 0 Å². The molecule has 2 aromatic carbocycles. The Kier molecular flexibility index (Phi) is 4.20. The molecule has 0 aromatic heterocycles. The second kappa shape index (κ2) is 5.87. The average Bonchev–Trinajstić information content (AvgIpc) is 2.41. The Bertz CT molecular complexity index is 679. The normalized spacial score (nSPS) is 9.74. The maximum atomic E-state index is 12.1. The number of hydrogen-bond donors (Lipinski definition) is 1. The van der Waals surface area contributed by atoms with Gasteiger partial charge in [0.15, 0.2) is 0 Å². The number of rotatable bonds is 2. The molecular formula is C14H8BrClN2O. The number of nitriles is 1. The highest BCUT2D eigenvalue weighted by molar-refractivity contribution is 9.10. The van der Waals surface area contributed by atoms with E-state index in [4.69, 9.17) is 16.9 Å². The largest absolute Gasteiger partial charge is 0.321 e. The molecule has 19 heavy (non-hydrogen) atoms. The average molecular weight is 336 g/mol. The number of halogens is 2. The Morgan fingerprint density at radius 1 is 1.26 bits per heavy atom. The van der Waals surface area contributed by atoms with E-state index in [0.717, 1.165) is 0 Å². The van der Waals surface area contributed by atoms with Crippen LogP contribution in [0.1, 0.15) is 15.9 Å². The number of anilines is 1. The van der Waals surface area contributed by atoms with Crippen LogP contribution in [0.15, 0.2) is 46.9 Å². The van der Waals surface area contributed by atoms with Crippen molar-refractivity contribution in [1.29, 1.82) is 5.26 Å². The summed E-state index contributed by atoms with van der Waals surface area (Å²) >= 11 is 9.27. The van der Waals surface area contributed by atoms with E-state index >= 15 is 0 Å². The zero-order valence-corrected chi connectivity index (χ0v) is 12.0. The number of hydrogen-bond acceptors (Lipinski definition) is 2. The van der Waals surface area contributed by atoms with E-state index in [9.17, 15) is 4.79 Å². The Balaban J connectivity index is 2.25. The molecule has 0 fully saturated rings. The molecule has 1 N–H and O–H groups in total. The summed E-state index contributed by atoms with van der Waals surface area (Å²) in [6, 6.07) is 13.8. The van der Waals surface area contributed by atoms with Gasteiger partial charge in [0.1, 0.15) is 0 Å². The van der Waals surface area contributed by atoms with Gasteiger partial charge in [-0.3, -0.25) is 4.79 Å². The molecule has 0 saturated carbocycles. The van der Waals surface area contributed by atoms with Crippen molar-refractivity contribution in [2.45, 2.75) is 0 Å². The van der Waals surface area contributed by atoms with E-state index in [1.165, 1.54) is 0 Å². The number of amides is 1. The zero-order valence-electron chi connectivity index (χ0n) is 9.65. The summed E-state index contributed by atoms with van der Waals surface area (Å²) in [5.74, 6) is -0.295. The summed E-state index contributed by atoms with van der Waals surface area (Å²) in [7, 11) is 0. The third-order valence-electron chi connectivity index (χ3n) is 2.46. The van der Waals surface area contributed by atoms with Gasteiger partial charge >= 0.3 is 0 Å². The first-order chi connectivity index (χ1) is 9.11. The molecule has 0 aliphatic rings. The minimum Gasteiger partial charge on any atom is -0.321 e. The molecule has 3 nitrogen and oxygen atoms in total. The van der Waals surface area contributed by atoms with Gasteiger partial charge < -0.3 is 5.32 Å². The van der Waals surface area contributed by atoms with Gasteiger partial charge in [0.05, 0.1) is 27.9 Å². The molecule has 0 aliphatic carbocycles. The van der Waals surface area contributed by atoms with Crippen molar-refractivity contribution in [3.63, 3.8) is 0 Å². The molecule has 0 atom stereocenters. The number of nitrogens with zero attached hydrogens (tertiary/aromatic N) is 1. The first-order valence-corrected chi connectivity index (χ1v) is 6.54. The molecule has 2 aromatic rings. The highest BCUT2D eigenvalue weighted by Crippen LogP contribution is 2.25. The topological polar surface area (TPSA) is 52.9 Å². The van der Waals surface area contributed by atoms with E-state index in [-0.39, 0.29) is 5.91 Å². The summed E-state index contributed by atoms with van der Waals surface area (Å²) in [5, 5.41) is 11.9. The quantitative estimate of drug-likeness (QED) is 0.893. The van der Waals surface area contributed by atoms with E-state index in [2.05, 4.69) is 21.2 Å². The van der Waals surface area contributed by atoms with Crippen molar-refractivity contribution >= 4 is 39.1 Å². The molecule has 1 amide bonds. The summed E-state index contributed by atoms with van der Waals surface area (Å²) in [4.78, 5) is 12.1. The molecule has 2 rings (SSSR count). The predicted octanol–water partition coefficient (Wildman–Crippen LogP) is 4.23. The van der Waals surface area contributed by atoms with Crippen LogP contribution in [0.3, 0.4) is 0 Å². The molecular weight excluding hydrogens is 328 g/mol. The van der Waals surface area contributed by atoms with Crippen molar-refractivity contribution < 1.29 is 4.79 Å². The third-order valence-corrected chi connectivity index (χ3v) is 3.45. The van der Waals surface area contributed by atoms with Crippen LogP contribution in [0.2, 0.25) is 5.02 Å². The van der Waals surface area contributed by atoms with Gasteiger partial charge in [-0.05, 0) is 46.3 Å².